The average molecular weight is 341 g/mol. The highest BCUT2D eigenvalue weighted by Gasteiger charge is 2.22. The number of hydrogen-bond acceptors (Lipinski definition) is 5. The third-order valence-electron chi connectivity index (χ3n) is 3.90. The van der Waals surface area contributed by atoms with Crippen molar-refractivity contribution in [1.29, 1.82) is 0 Å². The third-order valence-corrected chi connectivity index (χ3v) is 5.32. The highest BCUT2D eigenvalue weighted by atomic mass is 32.2. The summed E-state index contributed by atoms with van der Waals surface area (Å²) >= 11 is 0. The first-order valence-corrected chi connectivity index (χ1v) is 9.16. The Morgan fingerprint density at radius 3 is 2.70 bits per heavy atom. The summed E-state index contributed by atoms with van der Waals surface area (Å²) in [5.74, 6) is 0.176. The van der Waals surface area contributed by atoms with E-state index in [1.165, 1.54) is 12.1 Å². The first-order chi connectivity index (χ1) is 10.9. The molecular formula is C15H23N3O4S. The molecule has 1 atom stereocenters. The van der Waals surface area contributed by atoms with Crippen LogP contribution in [-0.2, 0) is 14.8 Å². The topological polar surface area (TPSA) is 87.7 Å². The minimum atomic E-state index is -3.64. The van der Waals surface area contributed by atoms with E-state index in [1.54, 1.807) is 6.07 Å². The van der Waals surface area contributed by atoms with Gasteiger partial charge in [-0.05, 0) is 38.2 Å². The van der Waals surface area contributed by atoms with E-state index in [0.29, 0.717) is 18.0 Å². The molecule has 0 bridgehead atoms. The lowest BCUT2D eigenvalue weighted by molar-refractivity contribution is -0.118. The lowest BCUT2D eigenvalue weighted by Crippen LogP contribution is -2.42. The predicted octanol–water partition coefficient (Wildman–Crippen LogP) is 1.03. The van der Waals surface area contributed by atoms with Crippen LogP contribution in [-0.4, -0.2) is 51.5 Å². The lowest BCUT2D eigenvalue weighted by Gasteiger charge is -2.26. The summed E-state index contributed by atoms with van der Waals surface area (Å²) in [6.07, 6.45) is 0. The van der Waals surface area contributed by atoms with Gasteiger partial charge in [-0.15, -0.1) is 0 Å². The fourth-order valence-corrected chi connectivity index (χ4v) is 3.67. The maximum absolute atomic E-state index is 12.4. The van der Waals surface area contributed by atoms with Gasteiger partial charge in [-0.3, -0.25) is 9.69 Å². The Hall–Kier alpha value is -1.64. The van der Waals surface area contributed by atoms with Gasteiger partial charge >= 0.3 is 0 Å². The number of benzene rings is 1. The number of nitrogens with zero attached hydrogens (tertiary/aromatic N) is 1. The van der Waals surface area contributed by atoms with Crippen molar-refractivity contribution in [1.82, 2.24) is 9.62 Å². The van der Waals surface area contributed by atoms with E-state index < -0.39 is 10.0 Å². The number of hydrogen-bond donors (Lipinski definition) is 2. The Morgan fingerprint density at radius 1 is 1.35 bits per heavy atom. The SMILES string of the molecule is CCN(CC)[C@H](C)CNS(=O)(=O)c1ccc2c(c1)NC(=O)CO2. The number of nitrogens with one attached hydrogen (secondary N) is 2. The van der Waals surface area contributed by atoms with Crippen LogP contribution < -0.4 is 14.8 Å². The number of sulfonamides is 1. The highest BCUT2D eigenvalue weighted by molar-refractivity contribution is 7.89. The summed E-state index contributed by atoms with van der Waals surface area (Å²) in [6.45, 7) is 8.06. The molecule has 2 N–H and O–H groups in total. The Balaban J connectivity index is 2.11. The fourth-order valence-electron chi connectivity index (χ4n) is 2.52. The first kappa shape index (κ1) is 17.7. The first-order valence-electron chi connectivity index (χ1n) is 7.67. The molecule has 23 heavy (non-hydrogen) atoms. The second kappa shape index (κ2) is 7.29. The van der Waals surface area contributed by atoms with Crippen molar-refractivity contribution in [2.24, 2.45) is 0 Å². The van der Waals surface area contributed by atoms with Gasteiger partial charge in [0.1, 0.15) is 5.75 Å². The molecule has 1 aromatic rings. The van der Waals surface area contributed by atoms with Crippen LogP contribution in [0.1, 0.15) is 20.8 Å². The Labute approximate surface area is 137 Å². The molecule has 1 aromatic carbocycles. The maximum Gasteiger partial charge on any atom is 0.262 e. The number of fused-ring (bicyclic) bond motifs is 1. The van der Waals surface area contributed by atoms with E-state index in [2.05, 4.69) is 14.9 Å². The van der Waals surface area contributed by atoms with Gasteiger partial charge in [0, 0.05) is 12.6 Å². The molecule has 0 spiro atoms. The molecule has 7 nitrogen and oxygen atoms in total. The van der Waals surface area contributed by atoms with E-state index in [-0.39, 0.29) is 23.5 Å². The number of carbonyl (C=O) groups excluding carboxylic acids is 1. The Bertz CT molecular complexity index is 671. The number of anilines is 1. The fraction of sp³-hybridized carbons (Fsp3) is 0.533. The van der Waals surface area contributed by atoms with Gasteiger partial charge in [0.25, 0.3) is 5.91 Å². The molecule has 0 saturated carbocycles. The van der Waals surface area contributed by atoms with E-state index in [9.17, 15) is 13.2 Å². The molecule has 128 valence electrons. The molecule has 1 heterocycles. The number of amides is 1. The van der Waals surface area contributed by atoms with Gasteiger partial charge < -0.3 is 10.1 Å². The monoisotopic (exact) mass is 341 g/mol. The van der Waals surface area contributed by atoms with Crippen molar-refractivity contribution < 1.29 is 17.9 Å². The summed E-state index contributed by atoms with van der Waals surface area (Å²) < 4.78 is 32.7. The maximum atomic E-state index is 12.4. The quantitative estimate of drug-likeness (QED) is 0.773. The van der Waals surface area contributed by atoms with Crippen molar-refractivity contribution in [2.45, 2.75) is 31.7 Å². The minimum absolute atomic E-state index is 0.0568. The number of likely N-dealkylation sites (N-methyl/N-ethyl adjacent to an activating group) is 1. The zero-order valence-corrected chi connectivity index (χ0v) is 14.4. The molecule has 0 aromatic heterocycles. The summed E-state index contributed by atoms with van der Waals surface area (Å²) in [4.78, 5) is 13.6. The van der Waals surface area contributed by atoms with E-state index in [1.807, 2.05) is 20.8 Å². The normalized spacial score (nSPS) is 15.7. The standard InChI is InChI=1S/C15H23N3O4S/c1-4-18(5-2)11(3)9-16-23(20,21)12-6-7-14-13(8-12)17-15(19)10-22-14/h6-8,11,16H,4-5,9-10H2,1-3H3,(H,17,19)/t11-/m1/s1. The van der Waals surface area contributed by atoms with Gasteiger partial charge in [-0.1, -0.05) is 13.8 Å². The molecule has 0 unspecified atom stereocenters. The third kappa shape index (κ3) is 4.21. The Morgan fingerprint density at radius 2 is 2.04 bits per heavy atom. The van der Waals surface area contributed by atoms with Crippen LogP contribution in [0.2, 0.25) is 0 Å². The second-order valence-corrected chi connectivity index (χ2v) is 7.18. The zero-order valence-electron chi connectivity index (χ0n) is 13.6. The molecular weight excluding hydrogens is 318 g/mol. The summed E-state index contributed by atoms with van der Waals surface area (Å²) in [5, 5.41) is 2.61. The summed E-state index contributed by atoms with van der Waals surface area (Å²) in [6, 6.07) is 4.54. The van der Waals surface area contributed by atoms with E-state index >= 15 is 0 Å². The van der Waals surface area contributed by atoms with Crippen molar-refractivity contribution in [3.63, 3.8) is 0 Å². The Kier molecular flexibility index (Phi) is 5.61. The molecule has 2 rings (SSSR count). The summed E-state index contributed by atoms with van der Waals surface area (Å²) in [7, 11) is -3.64. The van der Waals surface area contributed by atoms with Crippen molar-refractivity contribution in [3.05, 3.63) is 18.2 Å². The van der Waals surface area contributed by atoms with E-state index in [4.69, 9.17) is 4.74 Å². The van der Waals surface area contributed by atoms with Crippen molar-refractivity contribution >= 4 is 21.6 Å². The molecule has 0 saturated heterocycles. The van der Waals surface area contributed by atoms with Gasteiger partial charge in [0.15, 0.2) is 6.61 Å². The van der Waals surface area contributed by atoms with Crippen LogP contribution in [0.15, 0.2) is 23.1 Å². The zero-order chi connectivity index (χ0) is 17.0. The van der Waals surface area contributed by atoms with Crippen LogP contribution in [0.3, 0.4) is 0 Å². The van der Waals surface area contributed by atoms with Crippen molar-refractivity contribution in [2.75, 3.05) is 31.6 Å². The van der Waals surface area contributed by atoms with Crippen LogP contribution in [0.5, 0.6) is 5.75 Å². The molecule has 0 fully saturated rings. The van der Waals surface area contributed by atoms with Gasteiger partial charge in [-0.25, -0.2) is 13.1 Å². The van der Waals surface area contributed by atoms with Crippen LogP contribution >= 0.6 is 0 Å². The smallest absolute Gasteiger partial charge is 0.262 e. The van der Waals surface area contributed by atoms with Crippen molar-refractivity contribution in [3.8, 4) is 5.75 Å². The predicted molar refractivity (Wildman–Crippen MR) is 88.1 cm³/mol. The van der Waals surface area contributed by atoms with Gasteiger partial charge in [0.05, 0.1) is 10.6 Å². The molecule has 8 heteroatoms. The van der Waals surface area contributed by atoms with E-state index in [0.717, 1.165) is 13.1 Å². The van der Waals surface area contributed by atoms with Crippen LogP contribution in [0.4, 0.5) is 5.69 Å². The highest BCUT2D eigenvalue weighted by Crippen LogP contribution is 2.29. The molecule has 1 aliphatic rings. The van der Waals surface area contributed by atoms with Gasteiger partial charge in [0.2, 0.25) is 10.0 Å². The number of ether oxygens (including phenoxy) is 1. The summed E-state index contributed by atoms with van der Waals surface area (Å²) in [5.41, 5.74) is 0.376. The average Bonchev–Trinajstić information content (AvgIpc) is 2.53. The van der Waals surface area contributed by atoms with Crippen LogP contribution in [0, 0.1) is 0 Å². The second-order valence-electron chi connectivity index (χ2n) is 5.42. The lowest BCUT2D eigenvalue weighted by atomic mass is 10.2. The minimum Gasteiger partial charge on any atom is -0.482 e. The van der Waals surface area contributed by atoms with Gasteiger partial charge in [-0.2, -0.15) is 0 Å². The molecule has 0 radical (unpaired) electrons. The molecule has 0 aliphatic carbocycles. The molecule has 1 aliphatic heterocycles. The number of rotatable bonds is 7. The molecule has 1 amide bonds. The van der Waals surface area contributed by atoms with Crippen LogP contribution in [0.25, 0.3) is 0 Å². The largest absolute Gasteiger partial charge is 0.482 e. The number of carbonyl (C=O) groups is 1.